The fourth-order valence-electron chi connectivity index (χ4n) is 1.20. The molecule has 1 atom stereocenters. The summed E-state index contributed by atoms with van der Waals surface area (Å²) in [5.74, 6) is -3.93. The van der Waals surface area contributed by atoms with Crippen molar-refractivity contribution in [3.8, 4) is 0 Å². The van der Waals surface area contributed by atoms with E-state index < -0.39 is 18.9 Å². The molecule has 1 rings (SSSR count). The third kappa shape index (κ3) is 4.66. The molecular formula is C10H16F4N4O. The molecule has 1 heterocycles. The molecule has 0 fully saturated rings. The molecule has 0 saturated heterocycles. The molecule has 0 spiro atoms. The second kappa shape index (κ2) is 6.69. The van der Waals surface area contributed by atoms with E-state index in [2.05, 4.69) is 15.5 Å². The van der Waals surface area contributed by atoms with Gasteiger partial charge in [-0.05, 0) is 19.9 Å². The highest BCUT2D eigenvalue weighted by Gasteiger charge is 2.40. The molecule has 2 N–H and O–H groups in total. The minimum Gasteiger partial charge on any atom is -0.406 e. The maximum atomic E-state index is 12.6. The SMILES string of the molecule is CCCNC(C)c1nnc(NCC(F)(F)C(F)F)o1. The molecule has 9 heteroatoms. The lowest BCUT2D eigenvalue weighted by Crippen LogP contribution is -2.34. The van der Waals surface area contributed by atoms with Crippen molar-refractivity contribution in [2.75, 3.05) is 18.4 Å². The fourth-order valence-corrected chi connectivity index (χ4v) is 1.20. The zero-order valence-corrected chi connectivity index (χ0v) is 10.6. The van der Waals surface area contributed by atoms with Crippen molar-refractivity contribution in [3.05, 3.63) is 5.89 Å². The number of aromatic nitrogens is 2. The van der Waals surface area contributed by atoms with Crippen molar-refractivity contribution in [1.29, 1.82) is 0 Å². The van der Waals surface area contributed by atoms with Gasteiger partial charge in [-0.25, -0.2) is 8.78 Å². The number of anilines is 1. The van der Waals surface area contributed by atoms with Crippen LogP contribution in [0.3, 0.4) is 0 Å². The van der Waals surface area contributed by atoms with Gasteiger partial charge in [0.1, 0.15) is 0 Å². The molecule has 5 nitrogen and oxygen atoms in total. The molecular weight excluding hydrogens is 268 g/mol. The average molecular weight is 284 g/mol. The molecule has 0 bridgehead atoms. The van der Waals surface area contributed by atoms with Crippen molar-refractivity contribution in [1.82, 2.24) is 15.5 Å². The fraction of sp³-hybridized carbons (Fsp3) is 0.800. The van der Waals surface area contributed by atoms with Crippen LogP contribution < -0.4 is 10.6 Å². The van der Waals surface area contributed by atoms with E-state index in [1.165, 1.54) is 0 Å². The van der Waals surface area contributed by atoms with Gasteiger partial charge < -0.3 is 15.1 Å². The molecule has 0 aliphatic carbocycles. The third-order valence-electron chi connectivity index (χ3n) is 2.31. The molecule has 1 aromatic rings. The summed E-state index contributed by atoms with van der Waals surface area (Å²) >= 11 is 0. The van der Waals surface area contributed by atoms with Crippen LogP contribution in [0.15, 0.2) is 4.42 Å². The summed E-state index contributed by atoms with van der Waals surface area (Å²) < 4.78 is 54.2. The van der Waals surface area contributed by atoms with E-state index in [9.17, 15) is 17.6 Å². The van der Waals surface area contributed by atoms with Crippen LogP contribution in [-0.4, -0.2) is 35.6 Å². The minimum absolute atomic E-state index is 0.205. The molecule has 19 heavy (non-hydrogen) atoms. The van der Waals surface area contributed by atoms with Crippen LogP contribution in [0, 0.1) is 0 Å². The van der Waals surface area contributed by atoms with E-state index in [1.54, 1.807) is 6.92 Å². The van der Waals surface area contributed by atoms with E-state index in [0.717, 1.165) is 13.0 Å². The third-order valence-corrected chi connectivity index (χ3v) is 2.31. The lowest BCUT2D eigenvalue weighted by Gasteiger charge is -2.14. The number of nitrogens with zero attached hydrogens (tertiary/aromatic N) is 2. The number of nitrogens with one attached hydrogen (secondary N) is 2. The average Bonchev–Trinajstić information content (AvgIpc) is 2.82. The van der Waals surface area contributed by atoms with E-state index in [-0.39, 0.29) is 17.9 Å². The Balaban J connectivity index is 2.51. The van der Waals surface area contributed by atoms with Gasteiger partial charge in [-0.3, -0.25) is 0 Å². The van der Waals surface area contributed by atoms with E-state index in [1.807, 2.05) is 12.2 Å². The minimum atomic E-state index is -4.14. The lowest BCUT2D eigenvalue weighted by atomic mass is 10.3. The maximum Gasteiger partial charge on any atom is 0.324 e. The zero-order chi connectivity index (χ0) is 14.5. The molecule has 0 saturated carbocycles. The largest absolute Gasteiger partial charge is 0.406 e. The normalized spacial score (nSPS) is 13.8. The maximum absolute atomic E-state index is 12.6. The van der Waals surface area contributed by atoms with Gasteiger partial charge in [-0.2, -0.15) is 8.78 Å². The van der Waals surface area contributed by atoms with Crippen LogP contribution in [0.5, 0.6) is 0 Å². The van der Waals surface area contributed by atoms with Crippen LogP contribution in [0.1, 0.15) is 32.2 Å². The molecule has 0 amide bonds. The van der Waals surface area contributed by atoms with Gasteiger partial charge in [0.15, 0.2) is 0 Å². The first kappa shape index (κ1) is 15.7. The number of hydrogen-bond donors (Lipinski definition) is 2. The summed E-state index contributed by atoms with van der Waals surface area (Å²) in [6.07, 6.45) is -2.84. The summed E-state index contributed by atoms with van der Waals surface area (Å²) in [4.78, 5) is 0. The van der Waals surface area contributed by atoms with Crippen molar-refractivity contribution >= 4 is 6.01 Å². The quantitative estimate of drug-likeness (QED) is 0.718. The second-order valence-corrected chi connectivity index (χ2v) is 4.04. The van der Waals surface area contributed by atoms with Gasteiger partial charge in [-0.1, -0.05) is 12.0 Å². The molecule has 0 aliphatic heterocycles. The Kier molecular flexibility index (Phi) is 5.52. The topological polar surface area (TPSA) is 63.0 Å². The highest BCUT2D eigenvalue weighted by Crippen LogP contribution is 2.23. The predicted molar refractivity (Wildman–Crippen MR) is 60.4 cm³/mol. The molecule has 1 aromatic heterocycles. The molecule has 0 aromatic carbocycles. The number of hydrogen-bond acceptors (Lipinski definition) is 5. The Morgan fingerprint density at radius 3 is 2.58 bits per heavy atom. The van der Waals surface area contributed by atoms with Crippen LogP contribution in [-0.2, 0) is 0 Å². The Bertz CT molecular complexity index is 385. The summed E-state index contributed by atoms with van der Waals surface area (Å²) in [7, 11) is 0. The van der Waals surface area contributed by atoms with Crippen molar-refractivity contribution in [2.24, 2.45) is 0 Å². The van der Waals surface area contributed by atoms with Crippen molar-refractivity contribution in [2.45, 2.75) is 38.7 Å². The highest BCUT2D eigenvalue weighted by atomic mass is 19.3. The van der Waals surface area contributed by atoms with Crippen LogP contribution in [0.25, 0.3) is 0 Å². The van der Waals surface area contributed by atoms with Gasteiger partial charge in [0, 0.05) is 0 Å². The summed E-state index contributed by atoms with van der Waals surface area (Å²) in [6.45, 7) is 3.21. The summed E-state index contributed by atoms with van der Waals surface area (Å²) in [6, 6.07) is -0.543. The first-order valence-corrected chi connectivity index (χ1v) is 5.83. The van der Waals surface area contributed by atoms with Gasteiger partial charge in [0.25, 0.3) is 0 Å². The number of rotatable bonds is 8. The molecule has 0 aliphatic rings. The second-order valence-electron chi connectivity index (χ2n) is 4.04. The Labute approximate surface area is 107 Å². The van der Waals surface area contributed by atoms with Crippen molar-refractivity contribution in [3.63, 3.8) is 0 Å². The Morgan fingerprint density at radius 1 is 1.32 bits per heavy atom. The van der Waals surface area contributed by atoms with E-state index >= 15 is 0 Å². The van der Waals surface area contributed by atoms with E-state index in [4.69, 9.17) is 4.42 Å². The number of alkyl halides is 4. The molecule has 0 radical (unpaired) electrons. The number of halogens is 4. The lowest BCUT2D eigenvalue weighted by molar-refractivity contribution is -0.117. The van der Waals surface area contributed by atoms with E-state index in [0.29, 0.717) is 0 Å². The summed E-state index contributed by atoms with van der Waals surface area (Å²) in [5.41, 5.74) is 0. The standard InChI is InChI=1S/C10H16F4N4O/c1-3-4-15-6(2)7-17-18-9(19-7)16-5-10(13,14)8(11)12/h6,8,15H,3-5H2,1-2H3,(H,16,18). The zero-order valence-electron chi connectivity index (χ0n) is 10.6. The van der Waals surface area contributed by atoms with Gasteiger partial charge in [-0.15, -0.1) is 5.10 Å². The van der Waals surface area contributed by atoms with Gasteiger partial charge in [0.2, 0.25) is 5.89 Å². The highest BCUT2D eigenvalue weighted by molar-refractivity contribution is 5.18. The van der Waals surface area contributed by atoms with Crippen molar-refractivity contribution < 1.29 is 22.0 Å². The monoisotopic (exact) mass is 284 g/mol. The predicted octanol–water partition coefficient (Wildman–Crippen LogP) is 2.44. The molecule has 110 valence electrons. The Morgan fingerprint density at radius 2 is 2.00 bits per heavy atom. The van der Waals surface area contributed by atoms with Crippen LogP contribution in [0.4, 0.5) is 23.6 Å². The first-order chi connectivity index (χ1) is 8.86. The van der Waals surface area contributed by atoms with Crippen LogP contribution >= 0.6 is 0 Å². The smallest absolute Gasteiger partial charge is 0.324 e. The van der Waals surface area contributed by atoms with Gasteiger partial charge >= 0.3 is 18.4 Å². The molecule has 1 unspecified atom stereocenters. The summed E-state index contributed by atoms with van der Waals surface area (Å²) in [5, 5.41) is 12.2. The Hall–Kier alpha value is -1.38. The van der Waals surface area contributed by atoms with Gasteiger partial charge in [0.05, 0.1) is 12.6 Å². The first-order valence-electron chi connectivity index (χ1n) is 5.83. The van der Waals surface area contributed by atoms with Crippen LogP contribution in [0.2, 0.25) is 0 Å².